The molecule has 1 heterocycles. The van der Waals surface area contributed by atoms with E-state index in [-0.39, 0.29) is 5.41 Å². The molecule has 0 radical (unpaired) electrons. The largest absolute Gasteiger partial charge is 0.303 e. The molecular formula is C8H15N3. The quantitative estimate of drug-likeness (QED) is 0.546. The number of hydrazine groups is 1. The van der Waals surface area contributed by atoms with Crippen molar-refractivity contribution in [3.63, 3.8) is 0 Å². The summed E-state index contributed by atoms with van der Waals surface area (Å²) < 4.78 is 0. The monoisotopic (exact) mass is 153 g/mol. The van der Waals surface area contributed by atoms with Crippen LogP contribution in [0.1, 0.15) is 20.8 Å². The van der Waals surface area contributed by atoms with Crippen LogP contribution in [0.15, 0.2) is 17.3 Å². The summed E-state index contributed by atoms with van der Waals surface area (Å²) in [6, 6.07) is 0. The summed E-state index contributed by atoms with van der Waals surface area (Å²) in [4.78, 5) is 4.33. The molecule has 0 saturated carbocycles. The van der Waals surface area contributed by atoms with E-state index in [0.29, 0.717) is 6.54 Å². The van der Waals surface area contributed by atoms with Crippen LogP contribution >= 0.6 is 0 Å². The number of hydrogen-bond acceptors (Lipinski definition) is 3. The number of amidine groups is 1. The molecule has 0 aromatic carbocycles. The van der Waals surface area contributed by atoms with E-state index in [2.05, 4.69) is 43.2 Å². The van der Waals surface area contributed by atoms with Crippen molar-refractivity contribution in [3.8, 4) is 0 Å². The zero-order chi connectivity index (χ0) is 8.48. The topological polar surface area (TPSA) is 36.4 Å². The standard InChI is InChI=1S/C8H15N3/c1-6-5-9-7(11-10-6)8(2,3)4/h10H,1,5H2,2-4H3,(H,9,11). The molecule has 0 unspecified atom stereocenters. The third-order valence-corrected chi connectivity index (χ3v) is 1.50. The molecule has 0 spiro atoms. The lowest BCUT2D eigenvalue weighted by atomic mass is 9.95. The van der Waals surface area contributed by atoms with Gasteiger partial charge in [0, 0.05) is 11.1 Å². The highest BCUT2D eigenvalue weighted by molar-refractivity contribution is 5.87. The van der Waals surface area contributed by atoms with Gasteiger partial charge in [-0.05, 0) is 0 Å². The minimum atomic E-state index is 0.0910. The highest BCUT2D eigenvalue weighted by Crippen LogP contribution is 2.15. The van der Waals surface area contributed by atoms with Gasteiger partial charge in [0.2, 0.25) is 0 Å². The molecule has 1 aliphatic heterocycles. The molecular weight excluding hydrogens is 138 g/mol. The highest BCUT2D eigenvalue weighted by atomic mass is 15.4. The summed E-state index contributed by atoms with van der Waals surface area (Å²) in [5, 5.41) is 0. The smallest absolute Gasteiger partial charge is 0.121 e. The lowest BCUT2D eigenvalue weighted by Crippen LogP contribution is -2.47. The van der Waals surface area contributed by atoms with Crippen molar-refractivity contribution < 1.29 is 0 Å². The van der Waals surface area contributed by atoms with Crippen molar-refractivity contribution in [2.24, 2.45) is 10.4 Å². The first-order valence-corrected chi connectivity index (χ1v) is 3.75. The first-order valence-electron chi connectivity index (χ1n) is 3.75. The van der Waals surface area contributed by atoms with Crippen molar-refractivity contribution in [1.29, 1.82) is 0 Å². The van der Waals surface area contributed by atoms with Crippen LogP contribution in [0.4, 0.5) is 0 Å². The average molecular weight is 153 g/mol. The van der Waals surface area contributed by atoms with Crippen molar-refractivity contribution in [3.05, 3.63) is 12.3 Å². The molecule has 0 aromatic rings. The molecule has 2 N–H and O–H groups in total. The fraction of sp³-hybridized carbons (Fsp3) is 0.625. The molecule has 62 valence electrons. The van der Waals surface area contributed by atoms with E-state index in [4.69, 9.17) is 0 Å². The van der Waals surface area contributed by atoms with E-state index in [0.717, 1.165) is 11.5 Å². The van der Waals surface area contributed by atoms with Crippen molar-refractivity contribution >= 4 is 5.84 Å². The Bertz CT molecular complexity index is 198. The fourth-order valence-electron chi connectivity index (χ4n) is 0.826. The van der Waals surface area contributed by atoms with E-state index in [1.165, 1.54) is 0 Å². The maximum atomic E-state index is 4.33. The molecule has 11 heavy (non-hydrogen) atoms. The molecule has 0 bridgehead atoms. The molecule has 0 atom stereocenters. The average Bonchev–Trinajstić information content (AvgIpc) is 1.86. The predicted octanol–water partition coefficient (Wildman–Crippen LogP) is 1.05. The van der Waals surface area contributed by atoms with Gasteiger partial charge in [-0.3, -0.25) is 10.4 Å². The molecule has 3 heteroatoms. The van der Waals surface area contributed by atoms with Gasteiger partial charge in [0.25, 0.3) is 0 Å². The van der Waals surface area contributed by atoms with Crippen molar-refractivity contribution in [2.45, 2.75) is 20.8 Å². The first kappa shape index (κ1) is 8.11. The molecule has 0 fully saturated rings. The van der Waals surface area contributed by atoms with Crippen molar-refractivity contribution in [2.75, 3.05) is 6.54 Å². The number of nitrogens with one attached hydrogen (secondary N) is 2. The van der Waals surface area contributed by atoms with Crippen LogP contribution in [0.3, 0.4) is 0 Å². The van der Waals surface area contributed by atoms with Crippen LogP contribution in [0.5, 0.6) is 0 Å². The number of aliphatic imine (C=N–C) groups is 1. The van der Waals surface area contributed by atoms with Gasteiger partial charge in [-0.25, -0.2) is 0 Å². The van der Waals surface area contributed by atoms with Crippen LogP contribution < -0.4 is 10.9 Å². The normalized spacial score (nSPS) is 18.5. The molecule has 1 rings (SSSR count). The Morgan fingerprint density at radius 1 is 1.36 bits per heavy atom. The Labute approximate surface area is 67.6 Å². The van der Waals surface area contributed by atoms with Gasteiger partial charge < -0.3 is 5.43 Å². The van der Waals surface area contributed by atoms with Crippen molar-refractivity contribution in [1.82, 2.24) is 10.9 Å². The molecule has 0 aromatic heterocycles. The maximum Gasteiger partial charge on any atom is 0.121 e. The second-order valence-corrected chi connectivity index (χ2v) is 3.77. The fourth-order valence-corrected chi connectivity index (χ4v) is 0.826. The molecule has 3 nitrogen and oxygen atoms in total. The van der Waals surface area contributed by atoms with Gasteiger partial charge in [0.05, 0.1) is 6.54 Å². The number of rotatable bonds is 0. The Hall–Kier alpha value is -0.990. The zero-order valence-electron chi connectivity index (χ0n) is 7.36. The Balaban J connectivity index is 2.69. The van der Waals surface area contributed by atoms with Gasteiger partial charge in [-0.1, -0.05) is 27.4 Å². The van der Waals surface area contributed by atoms with Crippen LogP contribution in [0, 0.1) is 5.41 Å². The third kappa shape index (κ3) is 1.97. The highest BCUT2D eigenvalue weighted by Gasteiger charge is 2.20. The lowest BCUT2D eigenvalue weighted by Gasteiger charge is -2.27. The van der Waals surface area contributed by atoms with Crippen LogP contribution in [0.25, 0.3) is 0 Å². The minimum absolute atomic E-state index is 0.0910. The SMILES string of the molecule is C=C1CN=C(C(C)(C)C)NN1. The second kappa shape index (κ2) is 2.57. The Kier molecular flexibility index (Phi) is 1.89. The van der Waals surface area contributed by atoms with Crippen LogP contribution in [-0.4, -0.2) is 12.4 Å². The molecule has 0 saturated heterocycles. The Morgan fingerprint density at radius 2 is 2.00 bits per heavy atom. The predicted molar refractivity (Wildman–Crippen MR) is 47.2 cm³/mol. The first-order chi connectivity index (χ1) is 5.00. The van der Waals surface area contributed by atoms with E-state index < -0.39 is 0 Å². The molecule has 0 amide bonds. The number of hydrogen-bond donors (Lipinski definition) is 2. The zero-order valence-corrected chi connectivity index (χ0v) is 7.36. The summed E-state index contributed by atoms with van der Waals surface area (Å²) in [5.74, 6) is 0.991. The maximum absolute atomic E-state index is 4.33. The summed E-state index contributed by atoms with van der Waals surface area (Å²) >= 11 is 0. The molecule has 0 aliphatic carbocycles. The summed E-state index contributed by atoms with van der Waals surface area (Å²) in [5.41, 5.74) is 6.98. The van der Waals surface area contributed by atoms with Crippen LogP contribution in [0.2, 0.25) is 0 Å². The summed E-state index contributed by atoms with van der Waals surface area (Å²) in [7, 11) is 0. The third-order valence-electron chi connectivity index (χ3n) is 1.50. The minimum Gasteiger partial charge on any atom is -0.303 e. The van der Waals surface area contributed by atoms with Gasteiger partial charge in [-0.15, -0.1) is 0 Å². The molecule has 1 aliphatic rings. The van der Waals surface area contributed by atoms with E-state index in [9.17, 15) is 0 Å². The van der Waals surface area contributed by atoms with Crippen LogP contribution in [-0.2, 0) is 0 Å². The summed E-state index contributed by atoms with van der Waals surface area (Å²) in [6.45, 7) is 10.8. The van der Waals surface area contributed by atoms with Gasteiger partial charge in [0.1, 0.15) is 5.84 Å². The van der Waals surface area contributed by atoms with Gasteiger partial charge in [-0.2, -0.15) is 0 Å². The van der Waals surface area contributed by atoms with E-state index in [1.807, 2.05) is 0 Å². The van der Waals surface area contributed by atoms with Gasteiger partial charge in [0.15, 0.2) is 0 Å². The van der Waals surface area contributed by atoms with E-state index >= 15 is 0 Å². The summed E-state index contributed by atoms with van der Waals surface area (Å²) in [6.07, 6.45) is 0. The lowest BCUT2D eigenvalue weighted by molar-refractivity contribution is 0.533. The van der Waals surface area contributed by atoms with Gasteiger partial charge >= 0.3 is 0 Å². The van der Waals surface area contributed by atoms with E-state index in [1.54, 1.807) is 0 Å². The Morgan fingerprint density at radius 3 is 2.36 bits per heavy atom. The second-order valence-electron chi connectivity index (χ2n) is 3.77. The number of nitrogens with zero attached hydrogens (tertiary/aromatic N) is 1.